The number of amides is 1. The Balaban J connectivity index is 3.79. The summed E-state index contributed by atoms with van der Waals surface area (Å²) in [6.45, 7) is 6.89. The summed E-state index contributed by atoms with van der Waals surface area (Å²) < 4.78 is 0. The van der Waals surface area contributed by atoms with Gasteiger partial charge in [0.2, 0.25) is 5.91 Å². The van der Waals surface area contributed by atoms with Crippen LogP contribution in [0.15, 0.2) is 12.7 Å². The molecule has 0 N–H and O–H groups in total. The topological polar surface area (TPSA) is 20.3 Å². The van der Waals surface area contributed by atoms with E-state index in [1.807, 2.05) is 6.92 Å². The molecule has 3 heteroatoms. The molecule has 0 aliphatic heterocycles. The lowest BCUT2D eigenvalue weighted by molar-refractivity contribution is -0.127. The van der Waals surface area contributed by atoms with Gasteiger partial charge in [-0.3, -0.25) is 4.79 Å². The number of nitrogens with zero attached hydrogens (tertiary/aromatic N) is 1. The van der Waals surface area contributed by atoms with Crippen molar-refractivity contribution < 1.29 is 4.79 Å². The van der Waals surface area contributed by atoms with Gasteiger partial charge in [-0.1, -0.05) is 22.0 Å². The number of halogens is 1. The van der Waals surface area contributed by atoms with Crippen molar-refractivity contribution in [3.05, 3.63) is 12.7 Å². The van der Waals surface area contributed by atoms with E-state index in [1.165, 1.54) is 0 Å². The number of rotatable bonds is 4. The van der Waals surface area contributed by atoms with Crippen molar-refractivity contribution in [1.29, 1.82) is 0 Å². The van der Waals surface area contributed by atoms with Crippen molar-refractivity contribution in [2.24, 2.45) is 0 Å². The maximum Gasteiger partial charge on any atom is 0.233 e. The Labute approximate surface area is 70.0 Å². The maximum atomic E-state index is 11.0. The first-order valence-corrected chi connectivity index (χ1v) is 4.33. The molecule has 0 saturated heterocycles. The fraction of sp³-hybridized carbons (Fsp3) is 0.571. The highest BCUT2D eigenvalue weighted by Gasteiger charge is 2.05. The Hall–Kier alpha value is -0.310. The van der Waals surface area contributed by atoms with E-state index in [-0.39, 0.29) is 5.91 Å². The first-order valence-electron chi connectivity index (χ1n) is 3.20. The van der Waals surface area contributed by atoms with Crippen LogP contribution in [0.2, 0.25) is 0 Å². The van der Waals surface area contributed by atoms with Crippen molar-refractivity contribution in [2.75, 3.05) is 18.4 Å². The molecule has 0 radical (unpaired) electrons. The molecule has 0 rings (SSSR count). The van der Waals surface area contributed by atoms with Crippen LogP contribution in [0.5, 0.6) is 0 Å². The number of alkyl halides is 1. The van der Waals surface area contributed by atoms with Gasteiger partial charge in [0.05, 0.1) is 5.33 Å². The zero-order valence-electron chi connectivity index (χ0n) is 6.14. The molecule has 0 heterocycles. The summed E-state index contributed by atoms with van der Waals surface area (Å²) in [6, 6.07) is 0. The third kappa shape index (κ3) is 3.01. The van der Waals surface area contributed by atoms with Crippen LogP contribution < -0.4 is 0 Å². The van der Waals surface area contributed by atoms with Crippen molar-refractivity contribution in [3.8, 4) is 0 Å². The minimum Gasteiger partial charge on any atom is -0.339 e. The zero-order chi connectivity index (χ0) is 7.98. The van der Waals surface area contributed by atoms with Crippen LogP contribution in [0.25, 0.3) is 0 Å². The van der Waals surface area contributed by atoms with E-state index >= 15 is 0 Å². The molecule has 0 fully saturated rings. The number of carbonyl (C=O) groups is 1. The molecule has 0 aliphatic rings. The number of hydrogen-bond donors (Lipinski definition) is 0. The van der Waals surface area contributed by atoms with Gasteiger partial charge < -0.3 is 4.90 Å². The fourth-order valence-electron chi connectivity index (χ4n) is 0.648. The molecule has 0 saturated carbocycles. The SMILES string of the molecule is C=CCN(CC)C(=O)CBr. The summed E-state index contributed by atoms with van der Waals surface area (Å²) in [5.74, 6) is 0.113. The molecule has 58 valence electrons. The monoisotopic (exact) mass is 205 g/mol. The van der Waals surface area contributed by atoms with E-state index in [1.54, 1.807) is 11.0 Å². The van der Waals surface area contributed by atoms with E-state index in [0.29, 0.717) is 11.9 Å². The molecule has 0 atom stereocenters. The predicted molar refractivity (Wildman–Crippen MR) is 46.2 cm³/mol. The predicted octanol–water partition coefficient (Wildman–Crippen LogP) is 1.42. The smallest absolute Gasteiger partial charge is 0.233 e. The lowest BCUT2D eigenvalue weighted by atomic mass is 10.4. The summed E-state index contributed by atoms with van der Waals surface area (Å²) in [4.78, 5) is 12.7. The third-order valence-corrected chi connectivity index (χ3v) is 1.68. The van der Waals surface area contributed by atoms with Gasteiger partial charge in [0.1, 0.15) is 0 Å². The normalized spacial score (nSPS) is 9.00. The van der Waals surface area contributed by atoms with Crippen LogP contribution in [0.3, 0.4) is 0 Å². The van der Waals surface area contributed by atoms with Gasteiger partial charge in [0.25, 0.3) is 0 Å². The van der Waals surface area contributed by atoms with Crippen LogP contribution in [0, 0.1) is 0 Å². The number of carbonyl (C=O) groups excluding carboxylic acids is 1. The first-order chi connectivity index (χ1) is 4.76. The quantitative estimate of drug-likeness (QED) is 0.503. The third-order valence-electron chi connectivity index (χ3n) is 1.20. The highest BCUT2D eigenvalue weighted by molar-refractivity contribution is 9.09. The molecule has 2 nitrogen and oxygen atoms in total. The van der Waals surface area contributed by atoms with Gasteiger partial charge in [0.15, 0.2) is 0 Å². The zero-order valence-corrected chi connectivity index (χ0v) is 7.73. The first kappa shape index (κ1) is 9.69. The molecule has 0 bridgehead atoms. The Morgan fingerprint density at radius 3 is 2.70 bits per heavy atom. The van der Waals surface area contributed by atoms with Gasteiger partial charge in [-0.05, 0) is 6.92 Å². The summed E-state index contributed by atoms with van der Waals surface area (Å²) in [5.41, 5.74) is 0. The van der Waals surface area contributed by atoms with Gasteiger partial charge in [0, 0.05) is 13.1 Å². The Morgan fingerprint density at radius 1 is 1.80 bits per heavy atom. The molecule has 0 aliphatic carbocycles. The van der Waals surface area contributed by atoms with Crippen molar-refractivity contribution in [1.82, 2.24) is 4.90 Å². The van der Waals surface area contributed by atoms with E-state index in [9.17, 15) is 4.79 Å². The van der Waals surface area contributed by atoms with Crippen molar-refractivity contribution in [2.45, 2.75) is 6.92 Å². The van der Waals surface area contributed by atoms with Gasteiger partial charge in [-0.25, -0.2) is 0 Å². The largest absolute Gasteiger partial charge is 0.339 e. The van der Waals surface area contributed by atoms with Gasteiger partial charge in [-0.2, -0.15) is 0 Å². The fourth-order valence-corrected chi connectivity index (χ4v) is 1.00. The number of likely N-dealkylation sites (N-methyl/N-ethyl adjacent to an activating group) is 1. The van der Waals surface area contributed by atoms with Crippen molar-refractivity contribution >= 4 is 21.8 Å². The summed E-state index contributed by atoms with van der Waals surface area (Å²) in [7, 11) is 0. The lowest BCUT2D eigenvalue weighted by Gasteiger charge is -2.16. The Kier molecular flexibility index (Phi) is 5.30. The molecule has 0 aromatic rings. The molecule has 1 amide bonds. The summed E-state index contributed by atoms with van der Waals surface area (Å²) in [6.07, 6.45) is 1.73. The molecular formula is C7H12BrNO. The number of hydrogen-bond acceptors (Lipinski definition) is 1. The molecule has 0 unspecified atom stereocenters. The second-order valence-corrected chi connectivity index (χ2v) is 2.42. The highest BCUT2D eigenvalue weighted by atomic mass is 79.9. The van der Waals surface area contributed by atoms with Crippen LogP contribution in [0.1, 0.15) is 6.92 Å². The standard InChI is InChI=1S/C7H12BrNO/c1-3-5-9(4-2)7(10)6-8/h3H,1,4-6H2,2H3. The Morgan fingerprint density at radius 2 is 2.40 bits per heavy atom. The Bertz CT molecular complexity index is 125. The molecular weight excluding hydrogens is 194 g/mol. The van der Waals surface area contributed by atoms with Crippen LogP contribution in [0.4, 0.5) is 0 Å². The van der Waals surface area contributed by atoms with Crippen LogP contribution in [-0.2, 0) is 4.79 Å². The average molecular weight is 206 g/mol. The second kappa shape index (κ2) is 5.47. The van der Waals surface area contributed by atoms with Gasteiger partial charge in [-0.15, -0.1) is 6.58 Å². The van der Waals surface area contributed by atoms with E-state index in [4.69, 9.17) is 0 Å². The highest BCUT2D eigenvalue weighted by Crippen LogP contribution is 1.92. The average Bonchev–Trinajstić information content (AvgIpc) is 1.99. The van der Waals surface area contributed by atoms with E-state index in [0.717, 1.165) is 6.54 Å². The maximum absolute atomic E-state index is 11.0. The second-order valence-electron chi connectivity index (χ2n) is 1.85. The van der Waals surface area contributed by atoms with Crippen LogP contribution in [-0.4, -0.2) is 29.2 Å². The molecule has 10 heavy (non-hydrogen) atoms. The van der Waals surface area contributed by atoms with Crippen LogP contribution >= 0.6 is 15.9 Å². The van der Waals surface area contributed by atoms with Crippen molar-refractivity contribution in [3.63, 3.8) is 0 Å². The summed E-state index contributed by atoms with van der Waals surface area (Å²) >= 11 is 3.10. The minimum atomic E-state index is 0.113. The summed E-state index contributed by atoms with van der Waals surface area (Å²) in [5, 5.41) is 0.397. The van der Waals surface area contributed by atoms with Gasteiger partial charge >= 0.3 is 0 Å². The minimum absolute atomic E-state index is 0.113. The van der Waals surface area contributed by atoms with E-state index in [2.05, 4.69) is 22.5 Å². The molecule has 0 aromatic carbocycles. The molecule has 0 spiro atoms. The molecule has 0 aromatic heterocycles. The lowest BCUT2D eigenvalue weighted by Crippen LogP contribution is -2.31. The van der Waals surface area contributed by atoms with E-state index < -0.39 is 0 Å².